The predicted octanol–water partition coefficient (Wildman–Crippen LogP) is 1.21. The fraction of sp³-hybridized carbons (Fsp3) is 0. The zero-order valence-electron chi connectivity index (χ0n) is 12.4. The number of para-hydroxylation sites is 2. The van der Waals surface area contributed by atoms with Crippen molar-refractivity contribution in [2.24, 2.45) is 0 Å². The van der Waals surface area contributed by atoms with Gasteiger partial charge < -0.3 is 4.74 Å². The van der Waals surface area contributed by atoms with Crippen LogP contribution >= 0.6 is 0 Å². The summed E-state index contributed by atoms with van der Waals surface area (Å²) in [4.78, 5) is -1.04. The summed E-state index contributed by atoms with van der Waals surface area (Å²) >= 11 is 0. The summed E-state index contributed by atoms with van der Waals surface area (Å²) in [6.07, 6.45) is 0. The fourth-order valence-electron chi connectivity index (χ4n) is 1.61. The van der Waals surface area contributed by atoms with Crippen LogP contribution in [-0.2, 0) is 20.2 Å². The van der Waals surface area contributed by atoms with Gasteiger partial charge in [0.1, 0.15) is 21.3 Å². The van der Waals surface area contributed by atoms with Crippen LogP contribution in [0.4, 0.5) is 0 Å². The van der Waals surface area contributed by atoms with Crippen molar-refractivity contribution in [2.75, 3.05) is 0 Å². The van der Waals surface area contributed by atoms with E-state index in [0.717, 1.165) is 12.1 Å². The molecular formula is C12H10Na2O7S2. The van der Waals surface area contributed by atoms with E-state index in [1.807, 2.05) is 0 Å². The number of hydrogen-bond donors (Lipinski definition) is 2. The van der Waals surface area contributed by atoms with E-state index >= 15 is 0 Å². The summed E-state index contributed by atoms with van der Waals surface area (Å²) < 4.78 is 68.4. The zero-order valence-corrected chi connectivity index (χ0v) is 18.0. The first kappa shape index (κ1) is 23.1. The van der Waals surface area contributed by atoms with Gasteiger partial charge in [-0.25, -0.2) is 0 Å². The van der Waals surface area contributed by atoms with E-state index < -0.39 is 30.0 Å². The molecule has 0 bridgehead atoms. The zero-order chi connectivity index (χ0) is 15.7. The summed E-state index contributed by atoms with van der Waals surface area (Å²) in [6.45, 7) is 0. The van der Waals surface area contributed by atoms with Gasteiger partial charge in [0.2, 0.25) is 0 Å². The van der Waals surface area contributed by atoms with Crippen LogP contribution < -0.4 is 4.74 Å². The summed E-state index contributed by atoms with van der Waals surface area (Å²) in [6, 6.07) is 10.3. The first-order valence-corrected chi connectivity index (χ1v) is 8.38. The Morgan fingerprint density at radius 1 is 0.652 bits per heavy atom. The van der Waals surface area contributed by atoms with E-state index in [1.54, 1.807) is 0 Å². The molecule has 2 aromatic carbocycles. The van der Waals surface area contributed by atoms with Crippen molar-refractivity contribution in [3.8, 4) is 11.5 Å². The van der Waals surface area contributed by atoms with Crippen molar-refractivity contribution < 1.29 is 30.7 Å². The Morgan fingerprint density at radius 2 is 0.957 bits per heavy atom. The third-order valence-electron chi connectivity index (χ3n) is 2.47. The smallest absolute Gasteiger partial charge is 0.298 e. The second-order valence-electron chi connectivity index (χ2n) is 3.95. The molecule has 0 spiro atoms. The number of hydrogen-bond acceptors (Lipinski definition) is 5. The van der Waals surface area contributed by atoms with E-state index in [0.29, 0.717) is 0 Å². The molecule has 0 aromatic heterocycles. The SMILES string of the molecule is O=S(=O)(O)c1ccccc1Oc1ccccc1S(=O)(=O)O.[Na].[Na]. The molecule has 2 rings (SSSR count). The van der Waals surface area contributed by atoms with Gasteiger partial charge >= 0.3 is 0 Å². The van der Waals surface area contributed by atoms with Crippen molar-refractivity contribution in [2.45, 2.75) is 9.79 Å². The second kappa shape index (κ2) is 8.95. The summed E-state index contributed by atoms with van der Waals surface area (Å²) in [5.74, 6) is -0.535. The molecule has 0 amide bonds. The van der Waals surface area contributed by atoms with Gasteiger partial charge in [-0.05, 0) is 24.3 Å². The maximum Gasteiger partial charge on any atom is 0.298 e. The van der Waals surface area contributed by atoms with Crippen LogP contribution in [-0.4, -0.2) is 85.1 Å². The maximum absolute atomic E-state index is 11.2. The van der Waals surface area contributed by atoms with Crippen LogP contribution in [0.15, 0.2) is 58.3 Å². The summed E-state index contributed by atoms with van der Waals surface area (Å²) in [7, 11) is -9.08. The van der Waals surface area contributed by atoms with E-state index in [-0.39, 0.29) is 70.6 Å². The van der Waals surface area contributed by atoms with Crippen molar-refractivity contribution in [3.05, 3.63) is 48.5 Å². The molecule has 0 heterocycles. The van der Waals surface area contributed by atoms with Crippen LogP contribution in [0.25, 0.3) is 0 Å². The van der Waals surface area contributed by atoms with Crippen LogP contribution in [0.2, 0.25) is 0 Å². The maximum atomic E-state index is 11.2. The fourth-order valence-corrected chi connectivity index (χ4v) is 2.84. The van der Waals surface area contributed by atoms with Crippen LogP contribution in [0.3, 0.4) is 0 Å². The molecule has 2 N–H and O–H groups in total. The van der Waals surface area contributed by atoms with Crippen molar-refractivity contribution in [3.63, 3.8) is 0 Å². The number of ether oxygens (including phenoxy) is 1. The van der Waals surface area contributed by atoms with Gasteiger partial charge in [0.15, 0.2) is 0 Å². The Labute approximate surface area is 178 Å². The number of rotatable bonds is 4. The first-order chi connectivity index (χ1) is 9.69. The van der Waals surface area contributed by atoms with Gasteiger partial charge in [-0.15, -0.1) is 0 Å². The average Bonchev–Trinajstić information content (AvgIpc) is 2.37. The Balaban J connectivity index is 0.00000242. The third kappa shape index (κ3) is 6.13. The Hall–Kier alpha value is 0.0600. The first-order valence-electron chi connectivity index (χ1n) is 5.50. The molecule has 0 aliphatic carbocycles. The quantitative estimate of drug-likeness (QED) is 0.608. The standard InChI is InChI=1S/C12H10O7S2.2Na/c13-20(14,15)11-7-3-1-5-9(11)19-10-6-2-4-8-12(10)21(16,17)18;;/h1-8H,(H,13,14,15)(H,16,17,18);;. The molecule has 0 fully saturated rings. The molecule has 2 aromatic rings. The van der Waals surface area contributed by atoms with E-state index in [1.165, 1.54) is 36.4 Å². The topological polar surface area (TPSA) is 118 Å². The molecular weight excluding hydrogens is 366 g/mol. The van der Waals surface area contributed by atoms with Gasteiger partial charge in [0.05, 0.1) is 0 Å². The third-order valence-corrected chi connectivity index (χ3v) is 4.26. The minimum Gasteiger partial charge on any atom is -0.454 e. The van der Waals surface area contributed by atoms with Gasteiger partial charge in [-0.3, -0.25) is 9.11 Å². The normalized spacial score (nSPS) is 11.0. The van der Waals surface area contributed by atoms with Gasteiger partial charge in [0.25, 0.3) is 20.2 Å². The summed E-state index contributed by atoms with van der Waals surface area (Å²) in [5.41, 5.74) is 0. The summed E-state index contributed by atoms with van der Waals surface area (Å²) in [5, 5.41) is 0. The Morgan fingerprint density at radius 3 is 1.26 bits per heavy atom. The molecule has 11 heteroatoms. The van der Waals surface area contributed by atoms with Crippen LogP contribution in [0.5, 0.6) is 11.5 Å². The molecule has 7 nitrogen and oxygen atoms in total. The second-order valence-corrected chi connectivity index (χ2v) is 6.73. The largest absolute Gasteiger partial charge is 0.454 e. The Bertz CT molecular complexity index is 806. The van der Waals surface area contributed by atoms with Crippen molar-refractivity contribution in [1.29, 1.82) is 0 Å². The van der Waals surface area contributed by atoms with Gasteiger partial charge in [-0.2, -0.15) is 16.8 Å². The van der Waals surface area contributed by atoms with Crippen molar-refractivity contribution >= 4 is 79.4 Å². The molecule has 0 saturated heterocycles. The predicted molar refractivity (Wildman–Crippen MR) is 84.1 cm³/mol. The van der Waals surface area contributed by atoms with E-state index in [4.69, 9.17) is 13.8 Å². The average molecular weight is 376 g/mol. The van der Waals surface area contributed by atoms with Crippen molar-refractivity contribution in [1.82, 2.24) is 0 Å². The minimum atomic E-state index is -4.54. The minimum absolute atomic E-state index is 0. The van der Waals surface area contributed by atoms with E-state index in [2.05, 4.69) is 0 Å². The monoisotopic (exact) mass is 376 g/mol. The molecule has 23 heavy (non-hydrogen) atoms. The molecule has 0 saturated carbocycles. The molecule has 0 unspecified atom stereocenters. The Kier molecular flexibility index (Phi) is 8.98. The molecule has 0 aliphatic rings. The molecule has 114 valence electrons. The molecule has 0 aliphatic heterocycles. The number of benzene rings is 2. The van der Waals surface area contributed by atoms with E-state index in [9.17, 15) is 16.8 Å². The van der Waals surface area contributed by atoms with Crippen LogP contribution in [0, 0.1) is 0 Å². The van der Waals surface area contributed by atoms with Gasteiger partial charge in [0, 0.05) is 59.1 Å². The van der Waals surface area contributed by atoms with Gasteiger partial charge in [-0.1, -0.05) is 24.3 Å². The molecule has 0 atom stereocenters. The molecule has 2 radical (unpaired) electrons. The van der Waals surface area contributed by atoms with Crippen LogP contribution in [0.1, 0.15) is 0 Å².